The van der Waals surface area contributed by atoms with Crippen molar-refractivity contribution in [1.82, 2.24) is 19.6 Å². The Bertz CT molecular complexity index is 1050. The number of piperidine rings is 1. The van der Waals surface area contributed by atoms with E-state index in [9.17, 15) is 0 Å². The molecule has 0 radical (unpaired) electrons. The number of methoxy groups -OCH3 is 1. The van der Waals surface area contributed by atoms with Crippen molar-refractivity contribution in [3.05, 3.63) is 46.0 Å². The molecule has 5 rings (SSSR count). The van der Waals surface area contributed by atoms with Gasteiger partial charge >= 0.3 is 0 Å². The molecule has 0 N–H and O–H groups in total. The third-order valence-corrected chi connectivity index (χ3v) is 7.67. The molecular weight excluding hydrogens is 418 g/mol. The van der Waals surface area contributed by atoms with Crippen molar-refractivity contribution in [1.29, 1.82) is 0 Å². The van der Waals surface area contributed by atoms with Gasteiger partial charge in [0.05, 0.1) is 24.7 Å². The first-order chi connectivity index (χ1) is 13.5. The van der Waals surface area contributed by atoms with Crippen molar-refractivity contribution in [3.63, 3.8) is 0 Å². The van der Waals surface area contributed by atoms with E-state index in [1.807, 2.05) is 29.8 Å². The number of fused-ring (bicyclic) bond motifs is 2. The van der Waals surface area contributed by atoms with E-state index < -0.39 is 0 Å². The standard InChI is InChI=1S/C21H24BrN5O/c1-13-18-15(4-5-17(25-18)28-3)12-21(13)7-10-26(11-8-21)20-16-6-9-23-27(16)19(22)14(2)24-20/h4-6,9,13H,7-8,10-12H2,1-3H3. The van der Waals surface area contributed by atoms with Gasteiger partial charge in [0, 0.05) is 25.1 Å². The van der Waals surface area contributed by atoms with Crippen LogP contribution < -0.4 is 9.64 Å². The third-order valence-electron chi connectivity index (χ3n) is 6.76. The quantitative estimate of drug-likeness (QED) is 0.597. The minimum atomic E-state index is 0.291. The largest absolute Gasteiger partial charge is 0.481 e. The molecule has 2 aliphatic rings. The van der Waals surface area contributed by atoms with Crippen molar-refractivity contribution >= 4 is 27.3 Å². The van der Waals surface area contributed by atoms with Crippen LogP contribution in [0, 0.1) is 12.3 Å². The Morgan fingerprint density at radius 1 is 1.18 bits per heavy atom. The number of pyridine rings is 1. The number of halogens is 1. The maximum Gasteiger partial charge on any atom is 0.213 e. The van der Waals surface area contributed by atoms with E-state index in [0.29, 0.717) is 11.3 Å². The summed E-state index contributed by atoms with van der Waals surface area (Å²) in [6.07, 6.45) is 5.24. The zero-order chi connectivity index (χ0) is 19.5. The Balaban J connectivity index is 1.42. The van der Waals surface area contributed by atoms with Crippen LogP contribution in [0.25, 0.3) is 5.52 Å². The van der Waals surface area contributed by atoms with Crippen molar-refractivity contribution in [2.24, 2.45) is 5.41 Å². The lowest BCUT2D eigenvalue weighted by atomic mass is 9.70. The van der Waals surface area contributed by atoms with E-state index in [-0.39, 0.29) is 0 Å². The third kappa shape index (κ3) is 2.55. The molecule has 6 nitrogen and oxygen atoms in total. The van der Waals surface area contributed by atoms with Gasteiger partial charge in [0.2, 0.25) is 5.88 Å². The first-order valence-electron chi connectivity index (χ1n) is 9.81. The molecule has 1 saturated heterocycles. The van der Waals surface area contributed by atoms with Crippen LogP contribution >= 0.6 is 15.9 Å². The molecule has 1 aliphatic heterocycles. The number of aromatic nitrogens is 4. The van der Waals surface area contributed by atoms with E-state index >= 15 is 0 Å². The van der Waals surface area contributed by atoms with Gasteiger partial charge in [-0.2, -0.15) is 5.10 Å². The summed E-state index contributed by atoms with van der Waals surface area (Å²) in [5.41, 5.74) is 4.92. The highest BCUT2D eigenvalue weighted by atomic mass is 79.9. The predicted molar refractivity (Wildman–Crippen MR) is 112 cm³/mol. The summed E-state index contributed by atoms with van der Waals surface area (Å²) in [6.45, 7) is 6.37. The van der Waals surface area contributed by atoms with Crippen LogP contribution in [0.4, 0.5) is 5.82 Å². The molecule has 146 valence electrons. The van der Waals surface area contributed by atoms with Gasteiger partial charge in [0.25, 0.3) is 0 Å². The normalized spacial score (nSPS) is 20.7. The first kappa shape index (κ1) is 17.9. The van der Waals surface area contributed by atoms with Gasteiger partial charge in [-0.1, -0.05) is 13.0 Å². The summed E-state index contributed by atoms with van der Waals surface area (Å²) < 4.78 is 8.21. The predicted octanol–water partition coefficient (Wildman–Crippen LogP) is 4.15. The van der Waals surface area contributed by atoms with E-state index in [2.05, 4.69) is 38.9 Å². The van der Waals surface area contributed by atoms with E-state index in [1.165, 1.54) is 11.3 Å². The highest BCUT2D eigenvalue weighted by molar-refractivity contribution is 9.10. The first-order valence-corrected chi connectivity index (χ1v) is 10.6. The lowest BCUT2D eigenvalue weighted by Gasteiger charge is -2.42. The van der Waals surface area contributed by atoms with Crippen LogP contribution in [-0.2, 0) is 6.42 Å². The topological polar surface area (TPSA) is 55.5 Å². The molecule has 1 spiro atoms. The van der Waals surface area contributed by atoms with Gasteiger partial charge in [-0.25, -0.2) is 14.5 Å². The average molecular weight is 442 g/mol. The summed E-state index contributed by atoms with van der Waals surface area (Å²) in [7, 11) is 1.69. The number of nitrogens with zero attached hydrogens (tertiary/aromatic N) is 5. The molecule has 0 aromatic carbocycles. The fourth-order valence-corrected chi connectivity index (χ4v) is 5.37. The van der Waals surface area contributed by atoms with Crippen LogP contribution in [0.3, 0.4) is 0 Å². The summed E-state index contributed by atoms with van der Waals surface area (Å²) >= 11 is 3.61. The number of aryl methyl sites for hydroxylation is 1. The highest BCUT2D eigenvalue weighted by Crippen LogP contribution is 2.53. The number of anilines is 1. The second-order valence-electron chi connectivity index (χ2n) is 8.09. The van der Waals surface area contributed by atoms with Gasteiger partial charge in [0.15, 0.2) is 5.82 Å². The Kier molecular flexibility index (Phi) is 4.12. The molecule has 0 amide bonds. The molecule has 3 aromatic rings. The minimum Gasteiger partial charge on any atom is -0.481 e. The lowest BCUT2D eigenvalue weighted by molar-refractivity contribution is 0.192. The van der Waals surface area contributed by atoms with Crippen molar-refractivity contribution < 1.29 is 4.74 Å². The SMILES string of the molecule is COc1ccc2c(n1)C(C)C1(CCN(c3nc(C)c(Br)n4nccc34)CC1)C2. The zero-order valence-electron chi connectivity index (χ0n) is 16.4. The summed E-state index contributed by atoms with van der Waals surface area (Å²) in [5.74, 6) is 2.21. The number of ether oxygens (including phenoxy) is 1. The summed E-state index contributed by atoms with van der Waals surface area (Å²) in [6, 6.07) is 6.24. The van der Waals surface area contributed by atoms with Gasteiger partial charge in [0.1, 0.15) is 10.1 Å². The molecular formula is C21H24BrN5O. The van der Waals surface area contributed by atoms with Crippen molar-refractivity contribution in [2.75, 3.05) is 25.1 Å². The van der Waals surface area contributed by atoms with Gasteiger partial charge in [-0.3, -0.25) is 0 Å². The Morgan fingerprint density at radius 3 is 2.71 bits per heavy atom. The zero-order valence-corrected chi connectivity index (χ0v) is 18.0. The number of hydrogen-bond acceptors (Lipinski definition) is 5. The van der Waals surface area contributed by atoms with E-state index in [1.54, 1.807) is 7.11 Å². The maximum absolute atomic E-state index is 5.35. The fraction of sp³-hybridized carbons (Fsp3) is 0.476. The fourth-order valence-electron chi connectivity index (χ4n) is 5.00. The van der Waals surface area contributed by atoms with E-state index in [4.69, 9.17) is 14.7 Å². The molecule has 1 atom stereocenters. The van der Waals surface area contributed by atoms with Gasteiger partial charge in [-0.15, -0.1) is 0 Å². The van der Waals surface area contributed by atoms with Crippen LogP contribution in [-0.4, -0.2) is 39.8 Å². The average Bonchev–Trinajstić information content (AvgIpc) is 3.30. The lowest BCUT2D eigenvalue weighted by Crippen LogP contribution is -2.42. The minimum absolute atomic E-state index is 0.291. The molecule has 1 unspecified atom stereocenters. The molecule has 1 fully saturated rings. The van der Waals surface area contributed by atoms with E-state index in [0.717, 1.165) is 59.9 Å². The smallest absolute Gasteiger partial charge is 0.213 e. The molecule has 0 saturated carbocycles. The monoisotopic (exact) mass is 441 g/mol. The second-order valence-corrected chi connectivity index (χ2v) is 8.84. The molecule has 7 heteroatoms. The van der Waals surface area contributed by atoms with Gasteiger partial charge < -0.3 is 9.64 Å². The molecule has 0 bridgehead atoms. The Hall–Kier alpha value is -2.15. The Labute approximate surface area is 173 Å². The molecule has 28 heavy (non-hydrogen) atoms. The summed E-state index contributed by atoms with van der Waals surface area (Å²) in [4.78, 5) is 12.1. The molecule has 1 aliphatic carbocycles. The van der Waals surface area contributed by atoms with Crippen LogP contribution in [0.15, 0.2) is 29.0 Å². The van der Waals surface area contributed by atoms with Crippen LogP contribution in [0.5, 0.6) is 5.88 Å². The molecule has 3 aromatic heterocycles. The van der Waals surface area contributed by atoms with Crippen LogP contribution in [0.1, 0.15) is 42.6 Å². The highest BCUT2D eigenvalue weighted by Gasteiger charge is 2.46. The van der Waals surface area contributed by atoms with Crippen LogP contribution in [0.2, 0.25) is 0 Å². The van der Waals surface area contributed by atoms with Crippen molar-refractivity contribution in [2.45, 2.75) is 39.0 Å². The number of hydrogen-bond donors (Lipinski definition) is 0. The molecule has 4 heterocycles. The van der Waals surface area contributed by atoms with Crippen molar-refractivity contribution in [3.8, 4) is 5.88 Å². The maximum atomic E-state index is 5.35. The van der Waals surface area contributed by atoms with Gasteiger partial charge in [-0.05, 0) is 59.2 Å². The Morgan fingerprint density at radius 2 is 1.96 bits per heavy atom. The summed E-state index contributed by atoms with van der Waals surface area (Å²) in [5, 5.41) is 4.44. The number of rotatable bonds is 2. The second kappa shape index (κ2) is 6.44.